The summed E-state index contributed by atoms with van der Waals surface area (Å²) in [6, 6.07) is 0. The quantitative estimate of drug-likeness (QED) is 0.110. The fraction of sp³-hybridized carbons (Fsp3) is 0.556. The minimum atomic E-state index is -0.569. The van der Waals surface area contributed by atoms with Crippen LogP contribution in [0.25, 0.3) is 0 Å². The molecule has 0 radical (unpaired) electrons. The predicted molar refractivity (Wildman–Crippen MR) is 46.6 cm³/mol. The van der Waals surface area contributed by atoms with E-state index >= 15 is 0 Å². The second-order valence-electron chi connectivity index (χ2n) is 3.68. The predicted octanol–water partition coefficient (Wildman–Crippen LogP) is -2.25. The number of rotatable bonds is 0. The molecule has 0 spiro atoms. The monoisotopic (exact) mass is 561 g/mol. The largest absolute Gasteiger partial charge is 2.00 e. The summed E-state index contributed by atoms with van der Waals surface area (Å²) in [7, 11) is 1.79. The molecule has 0 bridgehead atoms. The summed E-state index contributed by atoms with van der Waals surface area (Å²) in [5.41, 5.74) is -0.569. The molecule has 6 heteroatoms. The molecule has 0 aromatic rings. The summed E-state index contributed by atoms with van der Waals surface area (Å²) in [6.45, 7) is 0. The number of cyclic esters (lactones) is 2. The Morgan fingerprint density at radius 3 is 2.73 bits per heavy atom. The number of hydrogen-bond donors (Lipinski definition) is 0. The van der Waals surface area contributed by atoms with E-state index < -0.39 is 8.84 Å². The average Bonchev–Trinajstić information content (AvgIpc) is 2.66. The Labute approximate surface area is 125 Å². The molecule has 0 amide bonds. The van der Waals surface area contributed by atoms with Gasteiger partial charge in [-0.2, -0.15) is 0 Å². The van der Waals surface area contributed by atoms with E-state index in [1.54, 1.807) is 8.93 Å². The number of ether oxygens (including phenoxy) is 1. The zero-order chi connectivity index (χ0) is 9.81. The number of alkyl halides is 1. The number of hydrogen-bond acceptors (Lipinski definition) is 4. The molecule has 2 saturated heterocycles. The third-order valence-electron chi connectivity index (χ3n) is 3.04. The summed E-state index contributed by atoms with van der Waals surface area (Å²) in [6.07, 6.45) is 5.88. The van der Waals surface area contributed by atoms with Crippen molar-refractivity contribution in [2.75, 3.05) is 5.75 Å². The standard InChI is InChI=1S/C9H8IO3S.U/c11-6-8-3-1-2-4-9(8,7(12)13-6)10-14-5-8;/h3-4H,1-2,5H2;/q-3;+2. The second-order valence-corrected chi connectivity index (χ2v) is 9.23. The van der Waals surface area contributed by atoms with Crippen molar-refractivity contribution in [1.29, 1.82) is 0 Å². The molecule has 1 saturated carbocycles. The van der Waals surface area contributed by atoms with Gasteiger partial charge >= 0.3 is 126 Å². The van der Waals surface area contributed by atoms with Gasteiger partial charge in [0, 0.05) is 0 Å². The van der Waals surface area contributed by atoms with Gasteiger partial charge in [-0.1, -0.05) is 0 Å². The Bertz CT molecular complexity index is 307. The van der Waals surface area contributed by atoms with E-state index in [4.69, 9.17) is 4.74 Å². The van der Waals surface area contributed by atoms with E-state index in [9.17, 15) is 9.59 Å². The van der Waals surface area contributed by atoms with Crippen molar-refractivity contribution < 1.29 is 65.3 Å². The molecule has 0 aromatic heterocycles. The third-order valence-corrected chi connectivity index (χ3v) is 9.75. The van der Waals surface area contributed by atoms with Gasteiger partial charge < -0.3 is 0 Å². The number of esters is 2. The minimum Gasteiger partial charge on any atom is 2.00 e. The van der Waals surface area contributed by atoms with Crippen LogP contribution in [0.3, 0.4) is 0 Å². The van der Waals surface area contributed by atoms with Crippen molar-refractivity contribution in [3.8, 4) is 0 Å². The Morgan fingerprint density at radius 1 is 1.27 bits per heavy atom. The van der Waals surface area contributed by atoms with Crippen molar-refractivity contribution >= 4 is 20.9 Å². The zero-order valence-corrected chi connectivity index (χ0v) is 14.9. The maximum Gasteiger partial charge on any atom is 2.00 e. The molecule has 1 aliphatic carbocycles. The van der Waals surface area contributed by atoms with E-state index in [0.717, 1.165) is 18.6 Å². The first-order valence-electron chi connectivity index (χ1n) is 4.45. The molecule has 80 valence electrons. The van der Waals surface area contributed by atoms with Gasteiger partial charge in [0.2, 0.25) is 0 Å². The Morgan fingerprint density at radius 2 is 2.00 bits per heavy atom. The fourth-order valence-electron chi connectivity index (χ4n) is 2.24. The van der Waals surface area contributed by atoms with Crippen LogP contribution in [0, 0.1) is 49.4 Å². The second kappa shape index (κ2) is 4.18. The fourth-order valence-corrected chi connectivity index (χ4v) is 10.4. The zero-order valence-electron chi connectivity index (χ0n) is 7.79. The van der Waals surface area contributed by atoms with Gasteiger partial charge in [0.25, 0.3) is 0 Å². The number of carbonyl (C=O) groups is 2. The van der Waals surface area contributed by atoms with Gasteiger partial charge in [-0.05, 0) is 0 Å². The first-order valence-corrected chi connectivity index (χ1v) is 9.05. The smallest absolute Gasteiger partial charge is 2.00 e. The molecule has 2 heterocycles. The van der Waals surface area contributed by atoms with Crippen LogP contribution < -0.4 is 19.8 Å². The van der Waals surface area contributed by atoms with Gasteiger partial charge in [-0.3, -0.25) is 0 Å². The third kappa shape index (κ3) is 1.44. The van der Waals surface area contributed by atoms with Crippen molar-refractivity contribution in [2.45, 2.75) is 16.3 Å². The van der Waals surface area contributed by atoms with Gasteiger partial charge in [0.1, 0.15) is 0 Å². The molecule has 0 N–H and O–H groups in total. The van der Waals surface area contributed by atoms with Crippen molar-refractivity contribution in [2.24, 2.45) is 5.41 Å². The maximum atomic E-state index is 11.7. The van der Waals surface area contributed by atoms with Gasteiger partial charge in [0.15, 0.2) is 0 Å². The molecule has 2 unspecified atom stereocenters. The topological polar surface area (TPSA) is 43.4 Å². The summed E-state index contributed by atoms with van der Waals surface area (Å²) < 4.78 is 4.32. The first kappa shape index (κ1) is 12.7. The molecule has 3 rings (SSSR count). The maximum absolute atomic E-state index is 11.7. The van der Waals surface area contributed by atoms with Crippen LogP contribution in [0.5, 0.6) is 0 Å². The van der Waals surface area contributed by atoms with Crippen LogP contribution in [0.1, 0.15) is 12.8 Å². The van der Waals surface area contributed by atoms with Crippen LogP contribution in [-0.4, -0.2) is 21.1 Å². The molecule has 2 aliphatic heterocycles. The van der Waals surface area contributed by atoms with Crippen LogP contribution in [0.15, 0.2) is 0 Å². The molecule has 0 aromatic carbocycles. The Kier molecular flexibility index (Phi) is 3.55. The van der Waals surface area contributed by atoms with E-state index in [1.165, 1.54) is 0 Å². The van der Waals surface area contributed by atoms with Gasteiger partial charge in [0.05, 0.1) is 0 Å². The molecule has 3 fully saturated rings. The summed E-state index contributed by atoms with van der Waals surface area (Å²) in [5, 5.41) is 0. The molecular weight excluding hydrogens is 553 g/mol. The van der Waals surface area contributed by atoms with Crippen molar-refractivity contribution in [3.05, 3.63) is 12.8 Å². The van der Waals surface area contributed by atoms with Crippen LogP contribution in [-0.2, 0) is 14.3 Å². The molecule has 3 aliphatic rings. The van der Waals surface area contributed by atoms with Crippen LogP contribution in [0.2, 0.25) is 0 Å². The van der Waals surface area contributed by atoms with Gasteiger partial charge in [-0.15, -0.1) is 0 Å². The number of halogens is 1. The van der Waals surface area contributed by atoms with Crippen molar-refractivity contribution in [1.82, 2.24) is 0 Å². The van der Waals surface area contributed by atoms with Crippen LogP contribution >= 0.6 is 8.93 Å². The summed E-state index contributed by atoms with van der Waals surface area (Å²) >= 11 is -0.326. The van der Waals surface area contributed by atoms with Crippen LogP contribution in [0.4, 0.5) is 0 Å². The van der Waals surface area contributed by atoms with E-state index in [2.05, 4.69) is 0 Å². The Hall–Kier alpha value is 1.27. The summed E-state index contributed by atoms with van der Waals surface area (Å²) in [5.74, 6) is 0.167. The molecular formula is C9H8IO3SU-. The van der Waals surface area contributed by atoms with E-state index in [1.807, 2.05) is 12.8 Å². The average molecular weight is 561 g/mol. The molecule has 15 heavy (non-hydrogen) atoms. The first-order chi connectivity index (χ1) is 6.71. The Balaban J connectivity index is 0.000000853. The minimum absolute atomic E-state index is 0. The summed E-state index contributed by atoms with van der Waals surface area (Å²) in [4.78, 5) is 23.5. The normalized spacial score (nSPS) is 43.5. The van der Waals surface area contributed by atoms with E-state index in [-0.39, 0.29) is 62.9 Å². The van der Waals surface area contributed by atoms with E-state index in [0.29, 0.717) is 0 Å². The molecule has 3 nitrogen and oxygen atoms in total. The van der Waals surface area contributed by atoms with Crippen molar-refractivity contribution in [3.63, 3.8) is 0 Å². The molecule has 2 atom stereocenters. The number of carbonyl (C=O) groups excluding carboxylic acids is 2. The van der Waals surface area contributed by atoms with Gasteiger partial charge in [-0.25, -0.2) is 0 Å². The SMILES string of the molecule is O=C1OC(=O)C23[CH-]CC[CH-]C12CS[I-]3.[U+2].